The minimum absolute atomic E-state index is 0.639. The number of nitrogens with zero attached hydrogens (tertiary/aromatic N) is 1. The van der Waals surface area contributed by atoms with Gasteiger partial charge in [-0.25, -0.2) is 5.10 Å². The van der Waals surface area contributed by atoms with Gasteiger partial charge in [0.05, 0.1) is 7.11 Å². The van der Waals surface area contributed by atoms with E-state index in [2.05, 4.69) is 16.4 Å². The molecular weight excluding hydrogens is 92.1 g/mol. The van der Waals surface area contributed by atoms with Crippen molar-refractivity contribution >= 4 is 0 Å². The van der Waals surface area contributed by atoms with Crippen molar-refractivity contribution in [2.24, 2.45) is 0 Å². The van der Waals surface area contributed by atoms with E-state index in [1.54, 1.807) is 13.2 Å². The maximum atomic E-state index is 4.70. The van der Waals surface area contributed by atoms with Crippen molar-refractivity contribution in [1.82, 2.24) is 10.2 Å². The Kier molecular flexibility index (Phi) is 0.978. The van der Waals surface area contributed by atoms with Gasteiger partial charge in [0.2, 0.25) is 5.88 Å². The lowest BCUT2D eigenvalue weighted by molar-refractivity contribution is 0.397. The lowest BCUT2D eigenvalue weighted by atomic mass is 10.7. The molecule has 0 fully saturated rings. The number of H-pyrrole nitrogens is 1. The Bertz CT molecular complexity index is 124. The molecule has 0 amide bonds. The molecule has 37 valence electrons. The predicted molar refractivity (Wildman–Crippen MR) is 24.0 cm³/mol. The largest absolute Gasteiger partial charge is 0.481 e. The Morgan fingerprint density at radius 3 is 3.14 bits per heavy atom. The number of hydrogen-bond acceptors (Lipinski definition) is 2. The van der Waals surface area contributed by atoms with Crippen LogP contribution in [0.15, 0.2) is 6.07 Å². The second-order valence-electron chi connectivity index (χ2n) is 1.07. The van der Waals surface area contributed by atoms with E-state index in [0.29, 0.717) is 5.88 Å². The van der Waals surface area contributed by atoms with E-state index >= 15 is 0 Å². The summed E-state index contributed by atoms with van der Waals surface area (Å²) in [5.41, 5.74) is 0. The number of ether oxygens (including phenoxy) is 1. The summed E-state index contributed by atoms with van der Waals surface area (Å²) in [6.07, 6.45) is 2.55. The molecule has 1 aromatic heterocycles. The quantitative estimate of drug-likeness (QED) is 0.544. The molecule has 0 aliphatic heterocycles. The van der Waals surface area contributed by atoms with Crippen molar-refractivity contribution in [2.45, 2.75) is 0 Å². The van der Waals surface area contributed by atoms with Crippen LogP contribution in [0.5, 0.6) is 5.88 Å². The van der Waals surface area contributed by atoms with Crippen molar-refractivity contribution in [3.8, 4) is 5.88 Å². The molecule has 0 aromatic carbocycles. The standard InChI is InChI=1S/C4H5N2O/c1-7-4-2-3-5-6-4/h2H,1H3,(H,5,6). The summed E-state index contributed by atoms with van der Waals surface area (Å²) >= 11 is 0. The molecule has 3 nitrogen and oxygen atoms in total. The molecule has 1 heterocycles. The summed E-state index contributed by atoms with van der Waals surface area (Å²) in [4.78, 5) is 0. The minimum atomic E-state index is 0.639. The van der Waals surface area contributed by atoms with E-state index in [9.17, 15) is 0 Å². The zero-order chi connectivity index (χ0) is 5.11. The van der Waals surface area contributed by atoms with Crippen LogP contribution >= 0.6 is 0 Å². The Morgan fingerprint density at radius 1 is 2.00 bits per heavy atom. The molecule has 1 radical (unpaired) electrons. The van der Waals surface area contributed by atoms with E-state index in [-0.39, 0.29) is 0 Å². The molecule has 0 atom stereocenters. The van der Waals surface area contributed by atoms with Crippen LogP contribution in [0.25, 0.3) is 0 Å². The smallest absolute Gasteiger partial charge is 0.209 e. The van der Waals surface area contributed by atoms with E-state index in [1.165, 1.54) is 0 Å². The van der Waals surface area contributed by atoms with E-state index in [1.807, 2.05) is 0 Å². The van der Waals surface area contributed by atoms with Crippen LogP contribution in [0, 0.1) is 6.20 Å². The second-order valence-corrected chi connectivity index (χ2v) is 1.07. The lowest BCUT2D eigenvalue weighted by Gasteiger charge is -1.86. The average molecular weight is 97.1 g/mol. The molecule has 3 heteroatoms. The van der Waals surface area contributed by atoms with Gasteiger partial charge >= 0.3 is 0 Å². The Morgan fingerprint density at radius 2 is 2.86 bits per heavy atom. The third-order valence-electron chi connectivity index (χ3n) is 0.646. The average Bonchev–Trinajstić information content (AvgIpc) is 2.14. The Labute approximate surface area is 41.3 Å². The maximum Gasteiger partial charge on any atom is 0.209 e. The fourth-order valence-electron chi connectivity index (χ4n) is 0.315. The molecule has 1 aromatic rings. The zero-order valence-electron chi connectivity index (χ0n) is 3.93. The molecule has 0 saturated heterocycles. The minimum Gasteiger partial charge on any atom is -0.481 e. The Balaban J connectivity index is 2.76. The van der Waals surface area contributed by atoms with Crippen molar-refractivity contribution in [3.63, 3.8) is 0 Å². The number of hydrogen-bond donors (Lipinski definition) is 1. The van der Waals surface area contributed by atoms with E-state index < -0.39 is 0 Å². The fourth-order valence-corrected chi connectivity index (χ4v) is 0.315. The molecule has 7 heavy (non-hydrogen) atoms. The SMILES string of the molecule is COc1c[c]n[nH]1. The summed E-state index contributed by atoms with van der Waals surface area (Å²) < 4.78 is 4.70. The maximum absolute atomic E-state index is 4.70. The van der Waals surface area contributed by atoms with Crippen LogP contribution in [-0.4, -0.2) is 17.3 Å². The Hall–Kier alpha value is -0.990. The van der Waals surface area contributed by atoms with Gasteiger partial charge in [-0.3, -0.25) is 0 Å². The van der Waals surface area contributed by atoms with Gasteiger partial charge in [0.1, 0.15) is 6.20 Å². The van der Waals surface area contributed by atoms with Crippen molar-refractivity contribution in [3.05, 3.63) is 12.3 Å². The normalized spacial score (nSPS) is 8.71. The first-order valence-electron chi connectivity index (χ1n) is 1.89. The molecule has 0 unspecified atom stereocenters. The third-order valence-corrected chi connectivity index (χ3v) is 0.646. The highest BCUT2D eigenvalue weighted by molar-refractivity contribution is 5.01. The zero-order valence-corrected chi connectivity index (χ0v) is 3.93. The molecule has 0 saturated carbocycles. The van der Waals surface area contributed by atoms with Gasteiger partial charge in [-0.05, 0) is 0 Å². The monoisotopic (exact) mass is 97.0 g/mol. The van der Waals surface area contributed by atoms with Crippen LogP contribution in [-0.2, 0) is 0 Å². The summed E-state index contributed by atoms with van der Waals surface area (Å²) in [5, 5.41) is 6.08. The topological polar surface area (TPSA) is 37.9 Å². The first kappa shape index (κ1) is 4.18. The molecule has 0 spiro atoms. The molecular formula is C4H5N2O. The molecule has 1 rings (SSSR count). The van der Waals surface area contributed by atoms with Gasteiger partial charge in [0.25, 0.3) is 0 Å². The van der Waals surface area contributed by atoms with Crippen LogP contribution in [0.3, 0.4) is 0 Å². The highest BCUT2D eigenvalue weighted by atomic mass is 16.5. The first-order valence-corrected chi connectivity index (χ1v) is 1.89. The number of aromatic amines is 1. The third kappa shape index (κ3) is 0.707. The summed E-state index contributed by atoms with van der Waals surface area (Å²) in [5.74, 6) is 0.639. The number of rotatable bonds is 1. The summed E-state index contributed by atoms with van der Waals surface area (Å²) in [6, 6.07) is 1.62. The summed E-state index contributed by atoms with van der Waals surface area (Å²) in [6.45, 7) is 0. The van der Waals surface area contributed by atoms with Gasteiger partial charge in [0.15, 0.2) is 0 Å². The van der Waals surface area contributed by atoms with Crippen LogP contribution in [0.2, 0.25) is 0 Å². The molecule has 0 aliphatic carbocycles. The summed E-state index contributed by atoms with van der Waals surface area (Å²) in [7, 11) is 1.57. The van der Waals surface area contributed by atoms with Crippen molar-refractivity contribution < 1.29 is 4.74 Å². The number of nitrogens with one attached hydrogen (secondary N) is 1. The first-order chi connectivity index (χ1) is 3.43. The van der Waals surface area contributed by atoms with Crippen molar-refractivity contribution in [2.75, 3.05) is 7.11 Å². The van der Waals surface area contributed by atoms with Crippen molar-refractivity contribution in [1.29, 1.82) is 0 Å². The van der Waals surface area contributed by atoms with Gasteiger partial charge in [-0.1, -0.05) is 0 Å². The van der Waals surface area contributed by atoms with Gasteiger partial charge in [-0.15, -0.1) is 0 Å². The predicted octanol–water partition coefficient (Wildman–Crippen LogP) is 0.218. The van der Waals surface area contributed by atoms with E-state index in [0.717, 1.165) is 0 Å². The fraction of sp³-hybridized carbons (Fsp3) is 0.250. The van der Waals surface area contributed by atoms with Gasteiger partial charge < -0.3 is 4.74 Å². The lowest BCUT2D eigenvalue weighted by Crippen LogP contribution is -1.79. The highest BCUT2D eigenvalue weighted by Gasteiger charge is 1.83. The number of methoxy groups -OCH3 is 1. The van der Waals surface area contributed by atoms with Gasteiger partial charge in [-0.2, -0.15) is 5.10 Å². The van der Waals surface area contributed by atoms with E-state index in [4.69, 9.17) is 4.74 Å². The van der Waals surface area contributed by atoms with Crippen LogP contribution in [0.1, 0.15) is 0 Å². The molecule has 0 bridgehead atoms. The second kappa shape index (κ2) is 1.64. The molecule has 0 aliphatic rings. The molecule has 1 N–H and O–H groups in total. The van der Waals surface area contributed by atoms with Crippen LogP contribution in [0.4, 0.5) is 0 Å². The van der Waals surface area contributed by atoms with Gasteiger partial charge in [0, 0.05) is 6.07 Å². The van der Waals surface area contributed by atoms with Crippen LogP contribution < -0.4 is 4.74 Å². The number of aromatic nitrogens is 2. The highest BCUT2D eigenvalue weighted by Crippen LogP contribution is 1.97.